The maximum atomic E-state index is 4.16. The quantitative estimate of drug-likeness (QED) is 0.816. The first-order chi connectivity index (χ1) is 9.28. The van der Waals surface area contributed by atoms with Gasteiger partial charge in [-0.25, -0.2) is 0 Å². The summed E-state index contributed by atoms with van der Waals surface area (Å²) in [4.78, 5) is 4.04. The third-order valence-corrected chi connectivity index (χ3v) is 3.13. The van der Waals surface area contributed by atoms with Crippen LogP contribution >= 0.6 is 0 Å². The number of rotatable bonds is 7. The number of hydrogen-bond donors (Lipinski definition) is 1. The molecule has 1 unspecified atom stereocenters. The van der Waals surface area contributed by atoms with Crippen molar-refractivity contribution in [2.45, 2.75) is 32.2 Å². The van der Waals surface area contributed by atoms with Crippen LogP contribution in [-0.2, 0) is 19.9 Å². The van der Waals surface area contributed by atoms with Gasteiger partial charge in [0.1, 0.15) is 0 Å². The lowest BCUT2D eigenvalue weighted by Crippen LogP contribution is -2.31. The van der Waals surface area contributed by atoms with E-state index in [4.69, 9.17) is 0 Å². The molecule has 0 spiro atoms. The van der Waals surface area contributed by atoms with E-state index in [0.717, 1.165) is 31.5 Å². The molecule has 0 fully saturated rings. The zero-order valence-corrected chi connectivity index (χ0v) is 11.6. The molecule has 2 aromatic heterocycles. The molecule has 0 saturated heterocycles. The lowest BCUT2D eigenvalue weighted by Gasteiger charge is -2.16. The molecule has 0 radical (unpaired) electrons. The predicted molar refractivity (Wildman–Crippen MR) is 74.7 cm³/mol. The maximum Gasteiger partial charge on any atom is 0.0842 e. The molecule has 2 rings (SSSR count). The Labute approximate surface area is 114 Å². The first-order valence-electron chi connectivity index (χ1n) is 6.75. The van der Waals surface area contributed by atoms with Gasteiger partial charge in [-0.2, -0.15) is 0 Å². The Morgan fingerprint density at radius 1 is 1.32 bits per heavy atom. The first-order valence-corrected chi connectivity index (χ1v) is 6.75. The zero-order chi connectivity index (χ0) is 13.5. The number of hydrogen-bond acceptors (Lipinski definition) is 4. The molecule has 5 heteroatoms. The molecule has 0 aromatic carbocycles. The second kappa shape index (κ2) is 6.99. The summed E-state index contributed by atoms with van der Waals surface area (Å²) in [6.07, 6.45) is 8.75. The van der Waals surface area contributed by atoms with E-state index in [1.807, 2.05) is 25.6 Å². The van der Waals surface area contributed by atoms with E-state index in [0.29, 0.717) is 6.04 Å². The molecule has 0 aliphatic heterocycles. The van der Waals surface area contributed by atoms with Crippen molar-refractivity contribution in [3.63, 3.8) is 0 Å². The van der Waals surface area contributed by atoms with Crippen LogP contribution in [0.2, 0.25) is 0 Å². The summed E-state index contributed by atoms with van der Waals surface area (Å²) >= 11 is 0. The smallest absolute Gasteiger partial charge is 0.0842 e. The van der Waals surface area contributed by atoms with Gasteiger partial charge in [0.05, 0.1) is 5.69 Å². The number of likely N-dealkylation sites (N-methyl/N-ethyl adjacent to an activating group) is 1. The average Bonchev–Trinajstić information content (AvgIpc) is 2.83. The van der Waals surface area contributed by atoms with Crippen molar-refractivity contribution in [1.29, 1.82) is 0 Å². The second-order valence-corrected chi connectivity index (χ2v) is 4.74. The highest BCUT2D eigenvalue weighted by Crippen LogP contribution is 2.08. The lowest BCUT2D eigenvalue weighted by molar-refractivity contribution is 0.486. The number of nitrogens with zero attached hydrogens (tertiary/aromatic N) is 4. The third-order valence-electron chi connectivity index (χ3n) is 3.13. The van der Waals surface area contributed by atoms with Crippen LogP contribution in [0.1, 0.15) is 24.6 Å². The van der Waals surface area contributed by atoms with Crippen LogP contribution < -0.4 is 5.32 Å². The number of aryl methyl sites for hydroxylation is 2. The van der Waals surface area contributed by atoms with Crippen molar-refractivity contribution in [3.8, 4) is 0 Å². The van der Waals surface area contributed by atoms with Gasteiger partial charge in [-0.15, -0.1) is 5.10 Å². The molecule has 0 bridgehead atoms. The Morgan fingerprint density at radius 3 is 2.74 bits per heavy atom. The van der Waals surface area contributed by atoms with Gasteiger partial charge in [0.2, 0.25) is 0 Å². The van der Waals surface area contributed by atoms with Gasteiger partial charge < -0.3 is 5.32 Å². The minimum Gasteiger partial charge on any atom is -0.314 e. The minimum atomic E-state index is 0.440. The summed E-state index contributed by atoms with van der Waals surface area (Å²) in [6, 6.07) is 4.59. The van der Waals surface area contributed by atoms with E-state index in [1.165, 1.54) is 5.56 Å². The summed E-state index contributed by atoms with van der Waals surface area (Å²) in [5, 5.41) is 11.7. The molecule has 0 amide bonds. The fraction of sp³-hybridized carbons (Fsp3) is 0.500. The van der Waals surface area contributed by atoms with Crippen molar-refractivity contribution in [1.82, 2.24) is 25.3 Å². The van der Waals surface area contributed by atoms with Crippen molar-refractivity contribution in [3.05, 3.63) is 42.0 Å². The van der Waals surface area contributed by atoms with Crippen molar-refractivity contribution < 1.29 is 0 Å². The van der Waals surface area contributed by atoms with E-state index < -0.39 is 0 Å². The summed E-state index contributed by atoms with van der Waals surface area (Å²) in [6.45, 7) is 3.11. The predicted octanol–water partition coefficient (Wildman–Crippen LogP) is 1.36. The van der Waals surface area contributed by atoms with Crippen LogP contribution in [0.3, 0.4) is 0 Å². The molecule has 0 aliphatic carbocycles. The van der Waals surface area contributed by atoms with Gasteiger partial charge in [0.15, 0.2) is 0 Å². The van der Waals surface area contributed by atoms with Crippen molar-refractivity contribution in [2.24, 2.45) is 7.05 Å². The third kappa shape index (κ3) is 4.44. The molecule has 1 N–H and O–H groups in total. The Kier molecular flexibility index (Phi) is 5.03. The first kappa shape index (κ1) is 13.7. The van der Waals surface area contributed by atoms with E-state index >= 15 is 0 Å². The fourth-order valence-corrected chi connectivity index (χ4v) is 2.20. The summed E-state index contributed by atoms with van der Waals surface area (Å²) in [5.74, 6) is 0. The zero-order valence-electron chi connectivity index (χ0n) is 11.6. The standard InChI is InChI=1S/C14H21N5/c1-3-16-13(10-14-11-19(2)18-17-14)5-4-12-6-8-15-9-7-12/h6-9,11,13,16H,3-5,10H2,1-2H3. The van der Waals surface area contributed by atoms with Gasteiger partial charge in [-0.05, 0) is 37.1 Å². The van der Waals surface area contributed by atoms with Gasteiger partial charge in [0, 0.05) is 38.1 Å². The molecule has 0 aliphatic rings. The maximum absolute atomic E-state index is 4.16. The average molecular weight is 259 g/mol. The molecular formula is C14H21N5. The van der Waals surface area contributed by atoms with Crippen LogP contribution in [0.5, 0.6) is 0 Å². The second-order valence-electron chi connectivity index (χ2n) is 4.74. The Bertz CT molecular complexity index is 480. The molecular weight excluding hydrogens is 238 g/mol. The molecule has 2 heterocycles. The lowest BCUT2D eigenvalue weighted by atomic mass is 10.0. The topological polar surface area (TPSA) is 55.6 Å². The van der Waals surface area contributed by atoms with Crippen molar-refractivity contribution >= 4 is 0 Å². The van der Waals surface area contributed by atoms with Crippen LogP contribution in [0.15, 0.2) is 30.7 Å². The fourth-order valence-electron chi connectivity index (χ4n) is 2.20. The molecule has 5 nitrogen and oxygen atoms in total. The number of aromatic nitrogens is 4. The molecule has 1 atom stereocenters. The normalized spacial score (nSPS) is 12.5. The monoisotopic (exact) mass is 259 g/mol. The van der Waals surface area contributed by atoms with Gasteiger partial charge >= 0.3 is 0 Å². The molecule has 19 heavy (non-hydrogen) atoms. The largest absolute Gasteiger partial charge is 0.314 e. The Hall–Kier alpha value is -1.75. The van der Waals surface area contributed by atoms with E-state index in [2.05, 4.69) is 39.7 Å². The van der Waals surface area contributed by atoms with Crippen molar-refractivity contribution in [2.75, 3.05) is 6.54 Å². The molecule has 2 aromatic rings. The SMILES string of the molecule is CCNC(CCc1ccncc1)Cc1cn(C)nn1. The highest BCUT2D eigenvalue weighted by atomic mass is 15.4. The summed E-state index contributed by atoms with van der Waals surface area (Å²) in [5.41, 5.74) is 2.38. The van der Waals surface area contributed by atoms with Crippen LogP contribution in [-0.4, -0.2) is 32.6 Å². The highest BCUT2D eigenvalue weighted by molar-refractivity contribution is 5.10. The summed E-state index contributed by atoms with van der Waals surface area (Å²) < 4.78 is 1.75. The van der Waals surface area contributed by atoms with Gasteiger partial charge in [-0.3, -0.25) is 9.67 Å². The van der Waals surface area contributed by atoms with E-state index in [-0.39, 0.29) is 0 Å². The van der Waals surface area contributed by atoms with Gasteiger partial charge in [0.25, 0.3) is 0 Å². The highest BCUT2D eigenvalue weighted by Gasteiger charge is 2.11. The summed E-state index contributed by atoms with van der Waals surface area (Å²) in [7, 11) is 1.90. The van der Waals surface area contributed by atoms with E-state index in [1.54, 1.807) is 4.68 Å². The number of pyridine rings is 1. The Balaban J connectivity index is 1.89. The Morgan fingerprint density at radius 2 is 2.11 bits per heavy atom. The minimum absolute atomic E-state index is 0.440. The van der Waals surface area contributed by atoms with Crippen LogP contribution in [0.25, 0.3) is 0 Å². The van der Waals surface area contributed by atoms with Gasteiger partial charge in [-0.1, -0.05) is 12.1 Å². The van der Waals surface area contributed by atoms with E-state index in [9.17, 15) is 0 Å². The number of nitrogens with one attached hydrogen (secondary N) is 1. The van der Waals surface area contributed by atoms with Crippen LogP contribution in [0.4, 0.5) is 0 Å². The molecule has 0 saturated carbocycles. The molecule has 102 valence electrons. The van der Waals surface area contributed by atoms with Crippen LogP contribution in [0, 0.1) is 0 Å².